The standard InChI is InChI=1S/C14H27BrO2/c1-4-7-8-9-10-13(15)11-12(5-2)14(16)17-6-3/h12-13H,4-11H2,1-3H3. The average molecular weight is 307 g/mol. The van der Waals surface area contributed by atoms with Gasteiger partial charge in [-0.3, -0.25) is 4.79 Å². The van der Waals surface area contributed by atoms with E-state index in [-0.39, 0.29) is 11.9 Å². The summed E-state index contributed by atoms with van der Waals surface area (Å²) in [5.41, 5.74) is 0. The summed E-state index contributed by atoms with van der Waals surface area (Å²) in [7, 11) is 0. The Morgan fingerprint density at radius 3 is 2.41 bits per heavy atom. The molecule has 0 amide bonds. The summed E-state index contributed by atoms with van der Waals surface area (Å²) in [5.74, 6) is 0.0264. The maximum atomic E-state index is 11.6. The van der Waals surface area contributed by atoms with Gasteiger partial charge in [0.25, 0.3) is 0 Å². The van der Waals surface area contributed by atoms with Crippen molar-refractivity contribution in [2.24, 2.45) is 5.92 Å². The summed E-state index contributed by atoms with van der Waals surface area (Å²) in [6, 6.07) is 0. The molecule has 0 spiro atoms. The molecule has 0 saturated carbocycles. The molecule has 0 bridgehead atoms. The molecule has 0 radical (unpaired) electrons. The Hall–Kier alpha value is -0.0500. The van der Waals surface area contributed by atoms with Crippen LogP contribution in [0.3, 0.4) is 0 Å². The smallest absolute Gasteiger partial charge is 0.308 e. The van der Waals surface area contributed by atoms with Crippen LogP contribution >= 0.6 is 15.9 Å². The number of hydrogen-bond acceptors (Lipinski definition) is 2. The van der Waals surface area contributed by atoms with Crippen LogP contribution in [0.25, 0.3) is 0 Å². The number of esters is 1. The van der Waals surface area contributed by atoms with Crippen LogP contribution in [0.4, 0.5) is 0 Å². The Bertz CT molecular complexity index is 195. The van der Waals surface area contributed by atoms with Crippen LogP contribution in [0.2, 0.25) is 0 Å². The van der Waals surface area contributed by atoms with Gasteiger partial charge in [-0.2, -0.15) is 0 Å². The Labute approximate surface area is 115 Å². The lowest BCUT2D eigenvalue weighted by molar-refractivity contribution is -0.148. The summed E-state index contributed by atoms with van der Waals surface area (Å²) in [6.45, 7) is 6.62. The molecule has 2 atom stereocenters. The largest absolute Gasteiger partial charge is 0.466 e. The highest BCUT2D eigenvalue weighted by Gasteiger charge is 2.20. The van der Waals surface area contributed by atoms with Crippen LogP contribution < -0.4 is 0 Å². The van der Waals surface area contributed by atoms with Crippen molar-refractivity contribution in [3.8, 4) is 0 Å². The Balaban J connectivity index is 3.81. The van der Waals surface area contributed by atoms with Gasteiger partial charge in [0, 0.05) is 4.83 Å². The fourth-order valence-electron chi connectivity index (χ4n) is 1.91. The van der Waals surface area contributed by atoms with Gasteiger partial charge in [-0.05, 0) is 26.2 Å². The number of ether oxygens (including phenoxy) is 1. The van der Waals surface area contributed by atoms with Crippen molar-refractivity contribution >= 4 is 21.9 Å². The van der Waals surface area contributed by atoms with E-state index < -0.39 is 0 Å². The second kappa shape index (κ2) is 11.1. The minimum atomic E-state index is -0.0343. The van der Waals surface area contributed by atoms with Crippen molar-refractivity contribution in [3.05, 3.63) is 0 Å². The van der Waals surface area contributed by atoms with Gasteiger partial charge in [-0.15, -0.1) is 0 Å². The van der Waals surface area contributed by atoms with Crippen molar-refractivity contribution in [3.63, 3.8) is 0 Å². The number of hydrogen-bond donors (Lipinski definition) is 0. The Morgan fingerprint density at radius 2 is 1.88 bits per heavy atom. The van der Waals surface area contributed by atoms with E-state index in [0.717, 1.165) is 19.3 Å². The molecule has 102 valence electrons. The zero-order chi connectivity index (χ0) is 13.1. The highest BCUT2D eigenvalue weighted by molar-refractivity contribution is 9.09. The van der Waals surface area contributed by atoms with Crippen molar-refractivity contribution in [1.82, 2.24) is 0 Å². The molecule has 2 unspecified atom stereocenters. The summed E-state index contributed by atoms with van der Waals surface area (Å²) >= 11 is 3.68. The topological polar surface area (TPSA) is 26.3 Å². The zero-order valence-corrected chi connectivity index (χ0v) is 13.1. The van der Waals surface area contributed by atoms with Crippen LogP contribution in [0.15, 0.2) is 0 Å². The predicted octanol–water partition coefficient (Wildman–Crippen LogP) is 4.70. The predicted molar refractivity (Wildman–Crippen MR) is 76.5 cm³/mol. The molecule has 0 rings (SSSR count). The van der Waals surface area contributed by atoms with Crippen LogP contribution in [-0.4, -0.2) is 17.4 Å². The van der Waals surface area contributed by atoms with Crippen LogP contribution in [-0.2, 0) is 9.53 Å². The molecule has 0 heterocycles. The Kier molecular flexibility index (Phi) is 11.0. The third-order valence-electron chi connectivity index (χ3n) is 3.02. The van der Waals surface area contributed by atoms with Gasteiger partial charge < -0.3 is 4.74 Å². The molecule has 3 heteroatoms. The zero-order valence-electron chi connectivity index (χ0n) is 11.5. The number of carbonyl (C=O) groups excluding carboxylic acids is 1. The highest BCUT2D eigenvalue weighted by Crippen LogP contribution is 2.22. The first-order valence-corrected chi connectivity index (χ1v) is 7.87. The highest BCUT2D eigenvalue weighted by atomic mass is 79.9. The number of alkyl halides is 1. The molecule has 17 heavy (non-hydrogen) atoms. The summed E-state index contributed by atoms with van der Waals surface area (Å²) in [6.07, 6.45) is 8.08. The maximum Gasteiger partial charge on any atom is 0.308 e. The molecule has 0 aromatic carbocycles. The molecule has 0 fully saturated rings. The van der Waals surface area contributed by atoms with Gasteiger partial charge in [0.1, 0.15) is 0 Å². The van der Waals surface area contributed by atoms with Crippen LogP contribution in [0.1, 0.15) is 65.7 Å². The normalized spacial score (nSPS) is 14.4. The van der Waals surface area contributed by atoms with E-state index in [4.69, 9.17) is 4.74 Å². The maximum absolute atomic E-state index is 11.6. The van der Waals surface area contributed by atoms with Gasteiger partial charge >= 0.3 is 5.97 Å². The van der Waals surface area contributed by atoms with E-state index in [1.54, 1.807) is 0 Å². The van der Waals surface area contributed by atoms with E-state index in [1.807, 2.05) is 6.92 Å². The lowest BCUT2D eigenvalue weighted by Gasteiger charge is -2.17. The molecule has 0 aromatic rings. The molecular formula is C14H27BrO2. The first kappa shape index (κ1) is 16.9. The average Bonchev–Trinajstić information content (AvgIpc) is 2.32. The quantitative estimate of drug-likeness (QED) is 0.332. The fraction of sp³-hybridized carbons (Fsp3) is 0.929. The third-order valence-corrected chi connectivity index (χ3v) is 3.86. The van der Waals surface area contributed by atoms with Gasteiger partial charge in [-0.1, -0.05) is 55.5 Å². The molecule has 0 aromatic heterocycles. The molecule has 0 saturated heterocycles. The monoisotopic (exact) mass is 306 g/mol. The Morgan fingerprint density at radius 1 is 1.18 bits per heavy atom. The number of unbranched alkanes of at least 4 members (excludes halogenated alkanes) is 3. The van der Waals surface area contributed by atoms with Crippen LogP contribution in [0, 0.1) is 5.92 Å². The lowest BCUT2D eigenvalue weighted by Crippen LogP contribution is -2.20. The van der Waals surface area contributed by atoms with E-state index in [2.05, 4.69) is 29.8 Å². The van der Waals surface area contributed by atoms with Crippen molar-refractivity contribution in [1.29, 1.82) is 0 Å². The minimum Gasteiger partial charge on any atom is -0.466 e. The third kappa shape index (κ3) is 8.64. The summed E-state index contributed by atoms with van der Waals surface area (Å²) < 4.78 is 5.08. The second-order valence-corrected chi connectivity index (χ2v) is 5.83. The molecular weight excluding hydrogens is 280 g/mol. The lowest BCUT2D eigenvalue weighted by atomic mass is 9.98. The molecule has 0 aliphatic carbocycles. The van der Waals surface area contributed by atoms with E-state index in [1.165, 1.54) is 25.7 Å². The van der Waals surface area contributed by atoms with E-state index in [0.29, 0.717) is 11.4 Å². The number of halogens is 1. The van der Waals surface area contributed by atoms with Crippen LogP contribution in [0.5, 0.6) is 0 Å². The molecule has 2 nitrogen and oxygen atoms in total. The van der Waals surface area contributed by atoms with Crippen molar-refractivity contribution < 1.29 is 9.53 Å². The van der Waals surface area contributed by atoms with Gasteiger partial charge in [0.05, 0.1) is 12.5 Å². The number of carbonyl (C=O) groups is 1. The second-order valence-electron chi connectivity index (χ2n) is 4.54. The van der Waals surface area contributed by atoms with Crippen molar-refractivity contribution in [2.75, 3.05) is 6.61 Å². The van der Waals surface area contributed by atoms with Gasteiger partial charge in [0.15, 0.2) is 0 Å². The molecule has 0 aliphatic heterocycles. The fourth-order valence-corrected chi connectivity index (χ4v) is 2.68. The minimum absolute atomic E-state index is 0.0343. The first-order chi connectivity index (χ1) is 8.15. The van der Waals surface area contributed by atoms with E-state index >= 15 is 0 Å². The van der Waals surface area contributed by atoms with E-state index in [9.17, 15) is 4.79 Å². The van der Waals surface area contributed by atoms with Gasteiger partial charge in [0.2, 0.25) is 0 Å². The molecule has 0 N–H and O–H groups in total. The van der Waals surface area contributed by atoms with Gasteiger partial charge in [-0.25, -0.2) is 0 Å². The number of rotatable bonds is 10. The summed E-state index contributed by atoms with van der Waals surface area (Å²) in [4.78, 5) is 12.1. The first-order valence-electron chi connectivity index (χ1n) is 6.96. The molecule has 0 aliphatic rings. The van der Waals surface area contributed by atoms with Crippen molar-refractivity contribution in [2.45, 2.75) is 70.5 Å². The summed E-state index contributed by atoms with van der Waals surface area (Å²) in [5, 5.41) is 0. The SMILES string of the molecule is CCCCCCC(Br)CC(CC)C(=O)OCC.